The average molecular weight is 262 g/mol. The predicted octanol–water partition coefficient (Wildman–Crippen LogP) is 2.43. The maximum absolute atomic E-state index is 11.7. The van der Waals surface area contributed by atoms with Gasteiger partial charge in [-0.2, -0.15) is 0 Å². The molecule has 4 heteroatoms. The van der Waals surface area contributed by atoms with Crippen LogP contribution in [0.2, 0.25) is 0 Å². The molecule has 2 N–H and O–H groups in total. The summed E-state index contributed by atoms with van der Waals surface area (Å²) < 4.78 is 0. The third-order valence-electron chi connectivity index (χ3n) is 4.71. The largest absolute Gasteiger partial charge is 0.481 e. The van der Waals surface area contributed by atoms with Gasteiger partial charge in [0, 0.05) is 0 Å². The zero-order valence-electron chi connectivity index (χ0n) is 11.1. The van der Waals surface area contributed by atoms with Crippen molar-refractivity contribution in [3.8, 4) is 0 Å². The van der Waals surface area contributed by atoms with Gasteiger partial charge in [-0.25, -0.2) is 0 Å². The molecule has 0 spiro atoms. The van der Waals surface area contributed by atoms with Gasteiger partial charge in [0.1, 0.15) is 0 Å². The van der Waals surface area contributed by atoms with E-state index in [-0.39, 0.29) is 6.42 Å². The molecule has 0 aromatic heterocycles. The van der Waals surface area contributed by atoms with Crippen molar-refractivity contribution >= 4 is 11.9 Å². The van der Waals surface area contributed by atoms with Crippen LogP contribution in [0.15, 0.2) is 30.3 Å². The number of carbonyl (C=O) groups is 2. The Morgan fingerprint density at radius 2 is 1.79 bits per heavy atom. The Labute approximate surface area is 112 Å². The van der Waals surface area contributed by atoms with Gasteiger partial charge < -0.3 is 10.2 Å². The summed E-state index contributed by atoms with van der Waals surface area (Å²) in [6.07, 6.45) is 0.569. The zero-order chi connectivity index (χ0) is 14.3. The van der Waals surface area contributed by atoms with Crippen LogP contribution < -0.4 is 0 Å². The minimum Gasteiger partial charge on any atom is -0.481 e. The van der Waals surface area contributed by atoms with E-state index in [1.165, 1.54) is 0 Å². The van der Waals surface area contributed by atoms with Crippen molar-refractivity contribution in [2.45, 2.75) is 26.7 Å². The van der Waals surface area contributed by atoms with E-state index in [0.717, 1.165) is 5.56 Å². The van der Waals surface area contributed by atoms with E-state index in [1.54, 1.807) is 13.8 Å². The molecule has 0 saturated heterocycles. The fourth-order valence-corrected chi connectivity index (χ4v) is 3.15. The van der Waals surface area contributed by atoms with Gasteiger partial charge in [-0.15, -0.1) is 0 Å². The van der Waals surface area contributed by atoms with E-state index >= 15 is 0 Å². The summed E-state index contributed by atoms with van der Waals surface area (Å²) in [5.74, 6) is -2.40. The summed E-state index contributed by atoms with van der Waals surface area (Å²) in [5, 5.41) is 18.7. The normalized spacial score (nSPS) is 28.4. The maximum atomic E-state index is 11.7. The molecule has 2 rings (SSSR count). The van der Waals surface area contributed by atoms with Gasteiger partial charge in [-0.1, -0.05) is 44.2 Å². The Bertz CT molecular complexity index is 506. The van der Waals surface area contributed by atoms with Crippen LogP contribution in [0.25, 0.3) is 0 Å². The van der Waals surface area contributed by atoms with E-state index in [0.29, 0.717) is 6.42 Å². The molecule has 2 atom stereocenters. The van der Waals surface area contributed by atoms with Gasteiger partial charge in [0.15, 0.2) is 0 Å². The first-order chi connectivity index (χ1) is 8.81. The van der Waals surface area contributed by atoms with E-state index < -0.39 is 28.7 Å². The molecule has 1 aromatic carbocycles. The SMILES string of the molecule is CC1(C)[C@@H](C(=O)O)C[C@]1(Cc1ccccc1)C(=O)O. The highest BCUT2D eigenvalue weighted by atomic mass is 16.4. The monoisotopic (exact) mass is 262 g/mol. The van der Waals surface area contributed by atoms with Crippen molar-refractivity contribution in [2.75, 3.05) is 0 Å². The summed E-state index contributed by atoms with van der Waals surface area (Å²) in [5.41, 5.74) is -0.806. The van der Waals surface area contributed by atoms with E-state index in [2.05, 4.69) is 0 Å². The topological polar surface area (TPSA) is 74.6 Å². The van der Waals surface area contributed by atoms with Gasteiger partial charge >= 0.3 is 11.9 Å². The Hall–Kier alpha value is -1.84. The minimum absolute atomic E-state index is 0.194. The molecule has 0 bridgehead atoms. The number of benzene rings is 1. The summed E-state index contributed by atoms with van der Waals surface area (Å²) >= 11 is 0. The van der Waals surface area contributed by atoms with Crippen LogP contribution in [0.3, 0.4) is 0 Å². The van der Waals surface area contributed by atoms with Crippen molar-refractivity contribution in [1.29, 1.82) is 0 Å². The number of carboxylic acid groups (broad SMARTS) is 2. The molecule has 0 aliphatic heterocycles. The number of aliphatic carboxylic acids is 2. The van der Waals surface area contributed by atoms with Crippen LogP contribution in [0.1, 0.15) is 25.8 Å². The molecule has 1 aliphatic rings. The lowest BCUT2D eigenvalue weighted by Crippen LogP contribution is -2.62. The molecule has 1 aromatic rings. The number of carboxylic acids is 2. The third kappa shape index (κ3) is 1.91. The van der Waals surface area contributed by atoms with Gasteiger partial charge in [0.25, 0.3) is 0 Å². The second-order valence-electron chi connectivity index (χ2n) is 5.87. The molecule has 0 amide bonds. The molecule has 0 heterocycles. The number of rotatable bonds is 4. The van der Waals surface area contributed by atoms with Crippen molar-refractivity contribution in [2.24, 2.45) is 16.7 Å². The minimum atomic E-state index is -0.989. The van der Waals surface area contributed by atoms with Crippen LogP contribution in [-0.2, 0) is 16.0 Å². The molecular weight excluding hydrogens is 244 g/mol. The molecule has 1 saturated carbocycles. The lowest BCUT2D eigenvalue weighted by atomic mass is 9.43. The molecule has 102 valence electrons. The van der Waals surface area contributed by atoms with Gasteiger partial charge in [-0.05, 0) is 23.8 Å². The molecule has 19 heavy (non-hydrogen) atoms. The molecule has 1 fully saturated rings. The third-order valence-corrected chi connectivity index (χ3v) is 4.71. The lowest BCUT2D eigenvalue weighted by Gasteiger charge is -2.57. The van der Waals surface area contributed by atoms with Gasteiger partial charge in [-0.3, -0.25) is 9.59 Å². The van der Waals surface area contributed by atoms with E-state index in [1.807, 2.05) is 30.3 Å². The summed E-state index contributed by atoms with van der Waals surface area (Å²) in [4.78, 5) is 22.9. The van der Waals surface area contributed by atoms with Crippen LogP contribution >= 0.6 is 0 Å². The highest BCUT2D eigenvalue weighted by molar-refractivity contribution is 5.83. The Balaban J connectivity index is 2.32. The summed E-state index contributed by atoms with van der Waals surface area (Å²) in [7, 11) is 0. The standard InChI is InChI=1S/C15H18O4/c1-14(2)11(12(16)17)9-15(14,13(18)19)8-10-6-4-3-5-7-10/h3-7,11H,8-9H2,1-2H3,(H,16,17)(H,18,19)/t11-,15-/m1/s1. The van der Waals surface area contributed by atoms with Crippen LogP contribution in [0, 0.1) is 16.7 Å². The molecule has 0 unspecified atom stereocenters. The second kappa shape index (κ2) is 4.37. The summed E-state index contributed by atoms with van der Waals surface area (Å²) in [6, 6.07) is 9.38. The van der Waals surface area contributed by atoms with Gasteiger partial charge in [0.05, 0.1) is 11.3 Å². The molecular formula is C15H18O4. The molecule has 1 aliphatic carbocycles. The maximum Gasteiger partial charge on any atom is 0.310 e. The smallest absolute Gasteiger partial charge is 0.310 e. The first kappa shape index (κ1) is 13.6. The zero-order valence-corrected chi connectivity index (χ0v) is 11.1. The van der Waals surface area contributed by atoms with Crippen LogP contribution in [0.4, 0.5) is 0 Å². The lowest BCUT2D eigenvalue weighted by molar-refractivity contribution is -0.195. The van der Waals surface area contributed by atoms with Crippen molar-refractivity contribution in [1.82, 2.24) is 0 Å². The van der Waals surface area contributed by atoms with Crippen molar-refractivity contribution in [3.63, 3.8) is 0 Å². The predicted molar refractivity (Wildman–Crippen MR) is 69.7 cm³/mol. The molecule has 4 nitrogen and oxygen atoms in total. The van der Waals surface area contributed by atoms with E-state index in [9.17, 15) is 14.7 Å². The highest BCUT2D eigenvalue weighted by Gasteiger charge is 2.66. The highest BCUT2D eigenvalue weighted by Crippen LogP contribution is 2.62. The van der Waals surface area contributed by atoms with E-state index in [4.69, 9.17) is 5.11 Å². The molecule has 0 radical (unpaired) electrons. The fourth-order valence-electron chi connectivity index (χ4n) is 3.15. The summed E-state index contributed by atoms with van der Waals surface area (Å²) in [6.45, 7) is 3.48. The fraction of sp³-hybridized carbons (Fsp3) is 0.467. The Morgan fingerprint density at radius 1 is 1.21 bits per heavy atom. The van der Waals surface area contributed by atoms with Gasteiger partial charge in [0.2, 0.25) is 0 Å². The van der Waals surface area contributed by atoms with Crippen LogP contribution in [-0.4, -0.2) is 22.2 Å². The first-order valence-corrected chi connectivity index (χ1v) is 6.31. The van der Waals surface area contributed by atoms with Crippen molar-refractivity contribution < 1.29 is 19.8 Å². The second-order valence-corrected chi connectivity index (χ2v) is 5.87. The Morgan fingerprint density at radius 3 is 2.21 bits per heavy atom. The van der Waals surface area contributed by atoms with Crippen molar-refractivity contribution in [3.05, 3.63) is 35.9 Å². The average Bonchev–Trinajstić information content (AvgIpc) is 2.34. The number of hydrogen-bond acceptors (Lipinski definition) is 2. The number of hydrogen-bond donors (Lipinski definition) is 2. The first-order valence-electron chi connectivity index (χ1n) is 6.31. The van der Waals surface area contributed by atoms with Crippen LogP contribution in [0.5, 0.6) is 0 Å². The Kier molecular flexibility index (Phi) is 3.12. The quantitative estimate of drug-likeness (QED) is 0.874.